The highest BCUT2D eigenvalue weighted by atomic mass is 32.2. The number of nitrogens with zero attached hydrogens (tertiary/aromatic N) is 2. The van der Waals surface area contributed by atoms with Gasteiger partial charge >= 0.3 is 0 Å². The van der Waals surface area contributed by atoms with Crippen molar-refractivity contribution in [2.24, 2.45) is 5.10 Å². The lowest BCUT2D eigenvalue weighted by Gasteiger charge is -2.23. The Morgan fingerprint density at radius 1 is 1.16 bits per heavy atom. The molecule has 0 bridgehead atoms. The number of nitrogens with one attached hydrogen (secondary N) is 1. The fourth-order valence-corrected chi connectivity index (χ4v) is 4.83. The molecule has 9 heteroatoms. The number of carbonyl (C=O) groups excluding carboxylic acids is 1. The second-order valence-corrected chi connectivity index (χ2v) is 10.0. The molecule has 1 aliphatic heterocycles. The molecule has 0 aliphatic carbocycles. The van der Waals surface area contributed by atoms with Crippen LogP contribution in [-0.2, 0) is 10.0 Å². The van der Waals surface area contributed by atoms with Crippen LogP contribution in [0.1, 0.15) is 40.2 Å². The summed E-state index contributed by atoms with van der Waals surface area (Å²) in [5.41, 5.74) is 2.94. The van der Waals surface area contributed by atoms with Crippen molar-refractivity contribution < 1.29 is 17.9 Å². The van der Waals surface area contributed by atoms with E-state index in [1.807, 2.05) is 42.6 Å². The van der Waals surface area contributed by atoms with E-state index in [4.69, 9.17) is 9.84 Å². The van der Waals surface area contributed by atoms with Gasteiger partial charge in [0.25, 0.3) is 5.91 Å². The molecule has 2 aromatic carbocycles. The number of sulfonamides is 1. The van der Waals surface area contributed by atoms with Crippen molar-refractivity contribution in [1.82, 2.24) is 5.01 Å². The highest BCUT2D eigenvalue weighted by Gasteiger charge is 2.35. The Morgan fingerprint density at radius 2 is 1.91 bits per heavy atom. The second kappa shape index (κ2) is 9.13. The zero-order valence-electron chi connectivity index (χ0n) is 17.7. The zero-order valence-corrected chi connectivity index (χ0v) is 19.3. The van der Waals surface area contributed by atoms with Crippen LogP contribution in [0.3, 0.4) is 0 Å². The number of benzene rings is 2. The average Bonchev–Trinajstić information content (AvgIpc) is 3.44. The average molecular weight is 470 g/mol. The lowest BCUT2D eigenvalue weighted by molar-refractivity contribution is 0.0714. The van der Waals surface area contributed by atoms with E-state index in [2.05, 4.69) is 4.72 Å². The minimum atomic E-state index is -3.36. The second-order valence-electron chi connectivity index (χ2n) is 7.32. The molecule has 1 aromatic heterocycles. The lowest BCUT2D eigenvalue weighted by atomic mass is 9.97. The minimum absolute atomic E-state index is 0.165. The van der Waals surface area contributed by atoms with Gasteiger partial charge in [0.05, 0.1) is 29.5 Å². The van der Waals surface area contributed by atoms with Crippen LogP contribution in [0, 0.1) is 0 Å². The number of rotatable bonds is 7. The summed E-state index contributed by atoms with van der Waals surface area (Å²) in [5.74, 6) is 0.565. The highest BCUT2D eigenvalue weighted by molar-refractivity contribution is 7.92. The number of hydrogen-bond donors (Lipinski definition) is 1. The monoisotopic (exact) mass is 469 g/mol. The number of para-hydroxylation sites is 1. The molecule has 1 amide bonds. The summed E-state index contributed by atoms with van der Waals surface area (Å²) in [5, 5.41) is 8.09. The fourth-order valence-electron chi connectivity index (χ4n) is 3.62. The van der Waals surface area contributed by atoms with E-state index in [0.29, 0.717) is 23.6 Å². The van der Waals surface area contributed by atoms with Crippen LogP contribution in [0.15, 0.2) is 71.1 Å². The van der Waals surface area contributed by atoms with Gasteiger partial charge in [-0.3, -0.25) is 9.52 Å². The number of anilines is 1. The predicted octanol–water partition coefficient (Wildman–Crippen LogP) is 4.51. The van der Waals surface area contributed by atoms with Gasteiger partial charge in [0.1, 0.15) is 5.75 Å². The predicted molar refractivity (Wildman–Crippen MR) is 127 cm³/mol. The summed E-state index contributed by atoms with van der Waals surface area (Å²) in [6.07, 6.45) is 1.62. The van der Waals surface area contributed by atoms with Gasteiger partial charge < -0.3 is 4.74 Å². The molecule has 0 spiro atoms. The van der Waals surface area contributed by atoms with Crippen LogP contribution in [-0.4, -0.2) is 37.9 Å². The molecular formula is C23H23N3O4S2. The van der Waals surface area contributed by atoms with Gasteiger partial charge in [-0.2, -0.15) is 5.10 Å². The van der Waals surface area contributed by atoms with Crippen molar-refractivity contribution >= 4 is 38.7 Å². The van der Waals surface area contributed by atoms with Gasteiger partial charge in [0.2, 0.25) is 10.0 Å². The molecule has 1 atom stereocenters. The van der Waals surface area contributed by atoms with Crippen LogP contribution in [0.4, 0.5) is 5.69 Å². The summed E-state index contributed by atoms with van der Waals surface area (Å²) in [6, 6.07) is 18.0. The quantitative estimate of drug-likeness (QED) is 0.551. The smallest absolute Gasteiger partial charge is 0.284 e. The number of amides is 1. The maximum absolute atomic E-state index is 13.3. The molecule has 0 saturated heterocycles. The van der Waals surface area contributed by atoms with Crippen molar-refractivity contribution in [2.45, 2.75) is 19.4 Å². The number of thiophene rings is 1. The SMILES string of the molecule is CCOc1ccccc1C1CC(c2ccc(NS(C)(=O)=O)cc2)=NN1C(=O)c1cccs1. The summed E-state index contributed by atoms with van der Waals surface area (Å²) in [6.45, 7) is 2.44. The van der Waals surface area contributed by atoms with Gasteiger partial charge in [-0.15, -0.1) is 11.3 Å². The molecule has 0 saturated carbocycles. The molecule has 0 fully saturated rings. The Balaban J connectivity index is 1.69. The first kappa shape index (κ1) is 22.0. The van der Waals surface area contributed by atoms with Crippen molar-refractivity contribution in [2.75, 3.05) is 17.6 Å². The maximum atomic E-state index is 13.3. The Kier molecular flexibility index (Phi) is 6.29. The van der Waals surface area contributed by atoms with Crippen molar-refractivity contribution in [3.05, 3.63) is 82.0 Å². The van der Waals surface area contributed by atoms with Gasteiger partial charge in [-0.05, 0) is 42.1 Å². The Morgan fingerprint density at radius 3 is 2.56 bits per heavy atom. The molecule has 1 N–H and O–H groups in total. The van der Waals surface area contributed by atoms with E-state index in [0.717, 1.165) is 28.8 Å². The molecule has 32 heavy (non-hydrogen) atoms. The summed E-state index contributed by atoms with van der Waals surface area (Å²) >= 11 is 1.38. The Bertz CT molecular complexity index is 1240. The third-order valence-corrected chi connectivity index (χ3v) is 6.41. The van der Waals surface area contributed by atoms with Crippen LogP contribution >= 0.6 is 11.3 Å². The van der Waals surface area contributed by atoms with Gasteiger partial charge in [-0.25, -0.2) is 13.4 Å². The number of hydrogen-bond acceptors (Lipinski definition) is 6. The first-order chi connectivity index (χ1) is 15.4. The topological polar surface area (TPSA) is 88.1 Å². The molecule has 7 nitrogen and oxygen atoms in total. The van der Waals surface area contributed by atoms with E-state index >= 15 is 0 Å². The summed E-state index contributed by atoms with van der Waals surface area (Å²) < 4.78 is 31.2. The van der Waals surface area contributed by atoms with Crippen LogP contribution in [0.25, 0.3) is 0 Å². The Hall–Kier alpha value is -3.17. The third-order valence-electron chi connectivity index (χ3n) is 4.95. The first-order valence-electron chi connectivity index (χ1n) is 10.1. The molecule has 0 radical (unpaired) electrons. The van der Waals surface area contributed by atoms with Crippen molar-refractivity contribution in [3.8, 4) is 5.75 Å². The number of ether oxygens (including phenoxy) is 1. The Labute approximate surface area is 191 Å². The van der Waals surface area contributed by atoms with E-state index in [9.17, 15) is 13.2 Å². The van der Waals surface area contributed by atoms with Crippen LogP contribution in [0.2, 0.25) is 0 Å². The minimum Gasteiger partial charge on any atom is -0.494 e. The summed E-state index contributed by atoms with van der Waals surface area (Å²) in [7, 11) is -3.36. The van der Waals surface area contributed by atoms with Crippen LogP contribution < -0.4 is 9.46 Å². The molecule has 1 unspecified atom stereocenters. The fraction of sp³-hybridized carbons (Fsp3) is 0.217. The molecule has 3 aromatic rings. The molecule has 1 aliphatic rings. The van der Waals surface area contributed by atoms with Crippen molar-refractivity contribution in [3.63, 3.8) is 0 Å². The van der Waals surface area contributed by atoms with E-state index < -0.39 is 10.0 Å². The largest absolute Gasteiger partial charge is 0.494 e. The van der Waals surface area contributed by atoms with E-state index in [1.54, 1.807) is 30.3 Å². The van der Waals surface area contributed by atoms with Crippen LogP contribution in [0.5, 0.6) is 5.75 Å². The highest BCUT2D eigenvalue weighted by Crippen LogP contribution is 2.38. The van der Waals surface area contributed by atoms with Gasteiger partial charge in [0, 0.05) is 17.7 Å². The molecule has 4 rings (SSSR count). The zero-order chi connectivity index (χ0) is 22.7. The number of hydrazone groups is 1. The molecule has 166 valence electrons. The standard InChI is InChI=1S/C23H23N3O4S2/c1-3-30-21-8-5-4-7-18(21)20-15-19(24-26(20)23(27)22-9-6-14-31-22)16-10-12-17(13-11-16)25-32(2,28)29/h4-14,20,25H,3,15H2,1-2H3. The van der Waals surface area contributed by atoms with Gasteiger partial charge in [-0.1, -0.05) is 36.4 Å². The lowest BCUT2D eigenvalue weighted by Crippen LogP contribution is -2.26. The third kappa shape index (κ3) is 4.84. The molecule has 2 heterocycles. The van der Waals surface area contributed by atoms with E-state index in [-0.39, 0.29) is 11.9 Å². The maximum Gasteiger partial charge on any atom is 0.284 e. The van der Waals surface area contributed by atoms with E-state index in [1.165, 1.54) is 16.3 Å². The first-order valence-corrected chi connectivity index (χ1v) is 12.9. The van der Waals surface area contributed by atoms with Gasteiger partial charge in [0.15, 0.2) is 0 Å². The summed E-state index contributed by atoms with van der Waals surface area (Å²) in [4.78, 5) is 13.9. The van der Waals surface area contributed by atoms with Crippen molar-refractivity contribution in [1.29, 1.82) is 0 Å². The molecular weight excluding hydrogens is 446 g/mol. The normalized spacial score (nSPS) is 16.0. The number of carbonyl (C=O) groups is 1.